The summed E-state index contributed by atoms with van der Waals surface area (Å²) >= 11 is 13.2. The van der Waals surface area contributed by atoms with Gasteiger partial charge in [-0.25, -0.2) is 4.39 Å². The summed E-state index contributed by atoms with van der Waals surface area (Å²) in [5.74, 6) is -2.07. The zero-order chi connectivity index (χ0) is 29.9. The number of thioether (sulfide) groups is 1. The monoisotopic (exact) mass is 628 g/mol. The van der Waals surface area contributed by atoms with Crippen molar-refractivity contribution in [2.45, 2.75) is 12.8 Å². The van der Waals surface area contributed by atoms with E-state index in [1.165, 1.54) is 43.5 Å². The highest BCUT2D eigenvalue weighted by molar-refractivity contribution is 8.18. The van der Waals surface area contributed by atoms with Gasteiger partial charge in [-0.2, -0.15) is 13.2 Å². The lowest BCUT2D eigenvalue weighted by Gasteiger charge is -2.16. The standard InChI is InChI=1S/C27H18Cl2F4N2O5S/c1-39-21-6-5-16(27(31,32)33)11-20(21)34-23(36)12-35-25(37)22(41-26(35)38)10-15-8-18(28)24(19(29)9-15)40-13-14-3-2-4-17(30)7-14/h2-11H,12-13H2,1H3,(H,34,36)/b22-10-. The van der Waals surface area contributed by atoms with Crippen molar-refractivity contribution in [2.24, 2.45) is 0 Å². The molecular weight excluding hydrogens is 611 g/mol. The van der Waals surface area contributed by atoms with E-state index >= 15 is 0 Å². The predicted molar refractivity (Wildman–Crippen MR) is 146 cm³/mol. The van der Waals surface area contributed by atoms with Crippen molar-refractivity contribution in [1.29, 1.82) is 0 Å². The van der Waals surface area contributed by atoms with Gasteiger partial charge >= 0.3 is 6.18 Å². The van der Waals surface area contributed by atoms with Crippen LogP contribution in [0.25, 0.3) is 6.08 Å². The first kappa shape index (κ1) is 30.2. The van der Waals surface area contributed by atoms with Gasteiger partial charge in [-0.05, 0) is 71.4 Å². The van der Waals surface area contributed by atoms with E-state index in [1.807, 2.05) is 0 Å². The number of carbonyl (C=O) groups is 3. The number of rotatable bonds is 8. The van der Waals surface area contributed by atoms with Crippen LogP contribution in [0, 0.1) is 5.82 Å². The number of imide groups is 1. The van der Waals surface area contributed by atoms with Gasteiger partial charge < -0.3 is 14.8 Å². The topological polar surface area (TPSA) is 84.9 Å². The maximum absolute atomic E-state index is 13.4. The zero-order valence-electron chi connectivity index (χ0n) is 20.9. The third-order valence-corrected chi connectivity index (χ3v) is 7.04. The highest BCUT2D eigenvalue weighted by Gasteiger charge is 2.37. The quantitative estimate of drug-likeness (QED) is 0.206. The molecule has 3 amide bonds. The Morgan fingerprint density at radius 3 is 2.41 bits per heavy atom. The van der Waals surface area contributed by atoms with Gasteiger partial charge in [-0.15, -0.1) is 0 Å². The molecule has 1 heterocycles. The first-order chi connectivity index (χ1) is 19.3. The second-order valence-electron chi connectivity index (χ2n) is 8.46. The minimum absolute atomic E-state index is 0.0100. The Kier molecular flexibility index (Phi) is 9.15. The first-order valence-electron chi connectivity index (χ1n) is 11.5. The smallest absolute Gasteiger partial charge is 0.416 e. The molecule has 0 atom stereocenters. The van der Waals surface area contributed by atoms with E-state index in [0.717, 1.165) is 12.1 Å². The van der Waals surface area contributed by atoms with Crippen LogP contribution in [0.1, 0.15) is 16.7 Å². The molecule has 1 saturated heterocycles. The molecule has 0 bridgehead atoms. The van der Waals surface area contributed by atoms with E-state index in [0.29, 0.717) is 33.9 Å². The minimum atomic E-state index is -4.67. The maximum Gasteiger partial charge on any atom is 0.416 e. The van der Waals surface area contributed by atoms with Crippen LogP contribution in [0.5, 0.6) is 11.5 Å². The number of amides is 3. The number of hydrogen-bond acceptors (Lipinski definition) is 6. The molecule has 1 aliphatic heterocycles. The number of nitrogens with one attached hydrogen (secondary N) is 1. The highest BCUT2D eigenvalue weighted by Crippen LogP contribution is 2.38. The van der Waals surface area contributed by atoms with Gasteiger partial charge in [0.2, 0.25) is 5.91 Å². The summed E-state index contributed by atoms with van der Waals surface area (Å²) in [5, 5.41) is 1.66. The van der Waals surface area contributed by atoms with Gasteiger partial charge in [-0.1, -0.05) is 35.3 Å². The SMILES string of the molecule is COc1ccc(C(F)(F)F)cc1NC(=O)CN1C(=O)S/C(=C\c2cc(Cl)c(OCc3cccc(F)c3)c(Cl)c2)C1=O. The van der Waals surface area contributed by atoms with Gasteiger partial charge in [0.15, 0.2) is 5.75 Å². The summed E-state index contributed by atoms with van der Waals surface area (Å²) in [6.07, 6.45) is -3.33. The second-order valence-corrected chi connectivity index (χ2v) is 10.3. The molecular formula is C27H18Cl2F4N2O5S. The van der Waals surface area contributed by atoms with Gasteiger partial charge in [0, 0.05) is 0 Å². The molecule has 1 fully saturated rings. The van der Waals surface area contributed by atoms with Crippen LogP contribution in [0.4, 0.5) is 28.0 Å². The van der Waals surface area contributed by atoms with E-state index in [-0.39, 0.29) is 38.7 Å². The lowest BCUT2D eigenvalue weighted by molar-refractivity contribution is -0.137. The van der Waals surface area contributed by atoms with E-state index < -0.39 is 41.2 Å². The molecule has 0 aliphatic carbocycles. The first-order valence-corrected chi connectivity index (χ1v) is 13.1. The Balaban J connectivity index is 1.45. The van der Waals surface area contributed by atoms with Crippen molar-refractivity contribution in [2.75, 3.05) is 19.0 Å². The van der Waals surface area contributed by atoms with Crippen LogP contribution in [0.2, 0.25) is 10.0 Å². The van der Waals surface area contributed by atoms with Crippen molar-refractivity contribution in [3.8, 4) is 11.5 Å². The Hall–Kier alpha value is -3.74. The zero-order valence-corrected chi connectivity index (χ0v) is 23.2. The van der Waals surface area contributed by atoms with Crippen molar-refractivity contribution < 1.29 is 41.4 Å². The van der Waals surface area contributed by atoms with Crippen molar-refractivity contribution in [3.63, 3.8) is 0 Å². The van der Waals surface area contributed by atoms with Crippen LogP contribution in [0.3, 0.4) is 0 Å². The van der Waals surface area contributed by atoms with Crippen molar-refractivity contribution in [3.05, 3.63) is 92.1 Å². The largest absolute Gasteiger partial charge is 0.495 e. The van der Waals surface area contributed by atoms with Gasteiger partial charge in [0.05, 0.1) is 33.3 Å². The second kappa shape index (κ2) is 12.4. The number of hydrogen-bond donors (Lipinski definition) is 1. The Labute approximate surface area is 245 Å². The molecule has 0 aromatic heterocycles. The number of halogens is 6. The summed E-state index contributed by atoms with van der Waals surface area (Å²) in [4.78, 5) is 38.5. The molecule has 214 valence electrons. The molecule has 0 saturated carbocycles. The molecule has 0 unspecified atom stereocenters. The lowest BCUT2D eigenvalue weighted by atomic mass is 10.1. The summed E-state index contributed by atoms with van der Waals surface area (Å²) in [7, 11) is 1.21. The summed E-state index contributed by atoms with van der Waals surface area (Å²) in [6.45, 7) is -0.764. The van der Waals surface area contributed by atoms with Crippen molar-refractivity contribution >= 4 is 63.8 Å². The minimum Gasteiger partial charge on any atom is -0.495 e. The van der Waals surface area contributed by atoms with Gasteiger partial charge in [0.1, 0.15) is 24.7 Å². The molecule has 1 aliphatic rings. The third-order valence-electron chi connectivity index (χ3n) is 5.57. The molecule has 1 N–H and O–H groups in total. The number of carbonyl (C=O) groups excluding carboxylic acids is 3. The van der Waals surface area contributed by atoms with Crippen molar-refractivity contribution in [1.82, 2.24) is 4.90 Å². The third kappa shape index (κ3) is 7.32. The maximum atomic E-state index is 13.4. The van der Waals surface area contributed by atoms with Crippen LogP contribution >= 0.6 is 35.0 Å². The highest BCUT2D eigenvalue weighted by atomic mass is 35.5. The molecule has 0 spiro atoms. The number of ether oxygens (including phenoxy) is 2. The lowest BCUT2D eigenvalue weighted by Crippen LogP contribution is -2.36. The summed E-state index contributed by atoms with van der Waals surface area (Å²) in [5.41, 5.74) is -0.406. The van der Waals surface area contributed by atoms with Crippen LogP contribution in [0.15, 0.2) is 59.5 Å². The molecule has 14 heteroatoms. The number of alkyl halides is 3. The molecule has 0 radical (unpaired) electrons. The normalized spacial score (nSPS) is 14.5. The average Bonchev–Trinajstić information content (AvgIpc) is 3.14. The molecule has 41 heavy (non-hydrogen) atoms. The van der Waals surface area contributed by atoms with E-state index in [1.54, 1.807) is 6.07 Å². The summed E-state index contributed by atoms with van der Waals surface area (Å²) < 4.78 is 63.3. The van der Waals surface area contributed by atoms with Crippen LogP contribution in [-0.2, 0) is 22.4 Å². The van der Waals surface area contributed by atoms with Crippen LogP contribution in [-0.4, -0.2) is 35.6 Å². The Morgan fingerprint density at radius 1 is 1.07 bits per heavy atom. The average molecular weight is 629 g/mol. The fraction of sp³-hybridized carbons (Fsp3) is 0.148. The number of nitrogens with zero attached hydrogens (tertiary/aromatic N) is 1. The van der Waals surface area contributed by atoms with Gasteiger partial charge in [0.25, 0.3) is 11.1 Å². The number of benzene rings is 3. The number of anilines is 1. The molecule has 3 aromatic rings. The Morgan fingerprint density at radius 2 is 1.78 bits per heavy atom. The number of methoxy groups -OCH3 is 1. The van der Waals surface area contributed by atoms with E-state index in [4.69, 9.17) is 32.7 Å². The fourth-order valence-corrected chi connectivity index (χ4v) is 5.14. The predicted octanol–water partition coefficient (Wildman–Crippen LogP) is 7.41. The molecule has 7 nitrogen and oxygen atoms in total. The van der Waals surface area contributed by atoms with Crippen LogP contribution < -0.4 is 14.8 Å². The van der Waals surface area contributed by atoms with E-state index in [9.17, 15) is 31.9 Å². The van der Waals surface area contributed by atoms with E-state index in [2.05, 4.69) is 5.32 Å². The molecule has 3 aromatic carbocycles. The Bertz CT molecular complexity index is 1540. The summed E-state index contributed by atoms with van der Waals surface area (Å²) in [6, 6.07) is 11.2. The molecule has 4 rings (SSSR count). The fourth-order valence-electron chi connectivity index (χ4n) is 3.69. The van der Waals surface area contributed by atoms with Gasteiger partial charge in [-0.3, -0.25) is 19.3 Å².